The van der Waals surface area contributed by atoms with Crippen LogP contribution in [0.25, 0.3) is 0 Å². The molecule has 2 bridgehead atoms. The number of halogens is 2. The number of benzene rings is 4. The normalized spacial score (nSPS) is 21.1. The molecular weight excluding hydrogens is 847 g/mol. The van der Waals surface area contributed by atoms with Gasteiger partial charge in [0.15, 0.2) is 11.5 Å². The molecule has 4 aliphatic heterocycles. The van der Waals surface area contributed by atoms with Gasteiger partial charge in [0.05, 0.1) is 20.3 Å². The van der Waals surface area contributed by atoms with Crippen LogP contribution in [0.2, 0.25) is 10.0 Å². The number of nitrogens with zero attached hydrogens (tertiary/aromatic N) is 3. The van der Waals surface area contributed by atoms with Gasteiger partial charge in [-0.1, -0.05) is 83.9 Å². The molecule has 13 nitrogen and oxygen atoms in total. The lowest BCUT2D eigenvalue weighted by atomic mass is 9.73. The van der Waals surface area contributed by atoms with E-state index in [9.17, 15) is 24.7 Å². The third-order valence-electron chi connectivity index (χ3n) is 12.5. The van der Waals surface area contributed by atoms with Crippen LogP contribution in [-0.4, -0.2) is 85.5 Å². The van der Waals surface area contributed by atoms with Crippen molar-refractivity contribution in [2.24, 2.45) is 11.8 Å². The topological polar surface area (TPSA) is 154 Å². The van der Waals surface area contributed by atoms with Crippen molar-refractivity contribution in [1.82, 2.24) is 15.1 Å². The Morgan fingerprint density at radius 2 is 1.54 bits per heavy atom. The van der Waals surface area contributed by atoms with E-state index in [2.05, 4.69) is 10.2 Å². The third-order valence-corrected chi connectivity index (χ3v) is 13.2. The van der Waals surface area contributed by atoms with Crippen molar-refractivity contribution in [2.75, 3.05) is 40.4 Å². The molecule has 2 amide bonds. The summed E-state index contributed by atoms with van der Waals surface area (Å²) in [7, 11) is 3.01. The smallest absolute Gasteiger partial charge is 0.408 e. The Kier molecular flexibility index (Phi) is 13.3. The summed E-state index contributed by atoms with van der Waals surface area (Å²) in [6.45, 7) is 3.00. The Balaban J connectivity index is 0.978. The van der Waals surface area contributed by atoms with Crippen LogP contribution in [0.5, 0.6) is 17.2 Å². The molecule has 63 heavy (non-hydrogen) atoms. The molecule has 2 unspecified atom stereocenters. The highest BCUT2D eigenvalue weighted by Gasteiger charge is 2.48. The highest BCUT2D eigenvalue weighted by molar-refractivity contribution is 6.35. The lowest BCUT2D eigenvalue weighted by Gasteiger charge is -2.52. The fraction of sp³-hybridized carbons (Fsp3) is 0.333. The van der Waals surface area contributed by atoms with E-state index in [1.807, 2.05) is 54.6 Å². The number of likely N-dealkylation sites (tertiary alicyclic amines) is 1. The largest absolute Gasteiger partial charge is 0.550 e. The average Bonchev–Trinajstić information content (AvgIpc) is 3.28. The maximum atomic E-state index is 14.2. The lowest BCUT2D eigenvalue weighted by molar-refractivity contribution is -0.904. The van der Waals surface area contributed by atoms with Gasteiger partial charge in [0, 0.05) is 52.8 Å². The first-order valence-corrected chi connectivity index (χ1v) is 21.6. The number of rotatable bonds is 15. The minimum absolute atomic E-state index is 0.0695. The van der Waals surface area contributed by atoms with Crippen molar-refractivity contribution < 1.29 is 48.4 Å². The van der Waals surface area contributed by atoms with Crippen molar-refractivity contribution >= 4 is 41.2 Å². The molecule has 4 aliphatic rings. The van der Waals surface area contributed by atoms with Gasteiger partial charge < -0.3 is 39.1 Å². The first-order chi connectivity index (χ1) is 30.5. The molecule has 0 radical (unpaired) electrons. The number of hydrogen-bond acceptors (Lipinski definition) is 10. The van der Waals surface area contributed by atoms with E-state index in [-0.39, 0.29) is 41.6 Å². The van der Waals surface area contributed by atoms with Crippen molar-refractivity contribution in [1.29, 1.82) is 0 Å². The minimum atomic E-state index is -1.29. The lowest BCUT2D eigenvalue weighted by Crippen LogP contribution is -2.66. The van der Waals surface area contributed by atoms with Gasteiger partial charge in [-0.05, 0) is 96.9 Å². The standard InChI is InChI=1S/C48H48Cl2N4O9/c1-60-41-16-15-33(22-42(41)61-2)36(23-37-39(49)25-53(59)26-40(37)50)45-38(47(56)57)24-54(45)46(55)32-13-11-29(12-14-32)28-62-35-10-6-9-34(21-35)44(31-7-4-3-5-8-31)51-48(58)63-43-27-52-19-17-30(43)18-20-52/h3-16,21-22,25-26,30,36,38,43-45H,17-20,23-24,27-28H2,1-2H3,(H2-,51,56,57,58,59)/t36-,38?,43-,44-,45?/m0/s1. The summed E-state index contributed by atoms with van der Waals surface area (Å²) in [5.74, 6) is -1.45. The van der Waals surface area contributed by atoms with Crippen LogP contribution in [-0.2, 0) is 22.6 Å². The van der Waals surface area contributed by atoms with Crippen LogP contribution in [0.15, 0.2) is 109 Å². The first-order valence-electron chi connectivity index (χ1n) is 20.9. The van der Waals surface area contributed by atoms with E-state index in [0.29, 0.717) is 39.9 Å². The van der Waals surface area contributed by atoms with Crippen LogP contribution in [0, 0.1) is 11.8 Å². The number of carboxylic acids is 1. The molecule has 15 heteroatoms. The van der Waals surface area contributed by atoms with Crippen LogP contribution in [0.1, 0.15) is 63.0 Å². The number of fused-ring (bicyclic) bond motifs is 3. The fourth-order valence-corrected chi connectivity index (χ4v) is 9.73. The second-order valence-corrected chi connectivity index (χ2v) is 17.1. The predicted octanol–water partition coefficient (Wildman–Crippen LogP) is 6.24. The van der Waals surface area contributed by atoms with E-state index in [0.717, 1.165) is 53.9 Å². The number of nitrogens with one attached hydrogen (secondary N) is 1. The maximum Gasteiger partial charge on any atom is 0.408 e. The monoisotopic (exact) mass is 894 g/mol. The number of carboxylic acid groups (broad SMARTS) is 1. The number of pyridine rings is 1. The molecule has 4 fully saturated rings. The highest BCUT2D eigenvalue weighted by Crippen LogP contribution is 2.43. The summed E-state index contributed by atoms with van der Waals surface area (Å²) >= 11 is 13.1. The zero-order valence-corrected chi connectivity index (χ0v) is 36.3. The molecule has 5 aromatic rings. The van der Waals surface area contributed by atoms with E-state index < -0.39 is 36.0 Å². The Morgan fingerprint density at radius 3 is 2.19 bits per heavy atom. The Hall–Kier alpha value is -6.02. The minimum Gasteiger partial charge on any atom is -0.550 e. The summed E-state index contributed by atoms with van der Waals surface area (Å²) < 4.78 is 24.0. The third kappa shape index (κ3) is 9.65. The van der Waals surface area contributed by atoms with Crippen LogP contribution >= 0.6 is 23.2 Å². The molecule has 0 saturated carbocycles. The van der Waals surface area contributed by atoms with Gasteiger partial charge in [0.1, 0.15) is 28.5 Å². The number of amides is 2. The summed E-state index contributed by atoms with van der Waals surface area (Å²) in [5.41, 5.74) is 3.99. The molecule has 9 rings (SSSR count). The number of ether oxygens (including phenoxy) is 4. The summed E-state index contributed by atoms with van der Waals surface area (Å²) in [6.07, 6.45) is 4.20. The fourth-order valence-electron chi connectivity index (χ4n) is 9.12. The molecule has 328 valence electrons. The SMILES string of the molecule is COc1ccc([C@H](Cc2c(Cl)c[n+](O)cc2Cl)C2C(C(=O)[O-])CN2C(=O)c2ccc(COc3cccc([C@@H](NC(=O)O[C@H]4CN5CCC4CC5)c4ccccc4)c3)cc2)cc1OC. The van der Waals surface area contributed by atoms with Gasteiger partial charge in [-0.3, -0.25) is 14.9 Å². The Labute approximate surface area is 375 Å². The van der Waals surface area contributed by atoms with Crippen molar-refractivity contribution in [3.63, 3.8) is 0 Å². The van der Waals surface area contributed by atoms with Gasteiger partial charge in [-0.25, -0.2) is 4.79 Å². The quantitative estimate of drug-likeness (QED) is 0.0913. The van der Waals surface area contributed by atoms with Crippen molar-refractivity contribution in [2.45, 2.75) is 50.0 Å². The molecule has 4 aromatic carbocycles. The number of aromatic nitrogens is 1. The van der Waals surface area contributed by atoms with E-state index >= 15 is 0 Å². The van der Waals surface area contributed by atoms with Crippen LogP contribution in [0.3, 0.4) is 0 Å². The van der Waals surface area contributed by atoms with Gasteiger partial charge in [0.2, 0.25) is 12.4 Å². The van der Waals surface area contributed by atoms with E-state index in [4.69, 9.17) is 42.1 Å². The molecule has 4 saturated heterocycles. The Morgan fingerprint density at radius 1 is 0.841 bits per heavy atom. The van der Waals surface area contributed by atoms with Gasteiger partial charge >= 0.3 is 6.09 Å². The second-order valence-electron chi connectivity index (χ2n) is 16.2. The summed E-state index contributed by atoms with van der Waals surface area (Å²) in [4.78, 5) is 44.0. The second kappa shape index (κ2) is 19.2. The average molecular weight is 896 g/mol. The molecular formula is C48H48Cl2N4O9. The molecule has 0 spiro atoms. The first kappa shape index (κ1) is 43.6. The van der Waals surface area contributed by atoms with Crippen LogP contribution < -0.4 is 29.4 Å². The summed E-state index contributed by atoms with van der Waals surface area (Å²) in [5, 5.41) is 26.0. The molecule has 5 atom stereocenters. The van der Waals surface area contributed by atoms with Gasteiger partial charge in [0.25, 0.3) is 5.91 Å². The number of hydrogen-bond donors (Lipinski definition) is 2. The molecule has 2 N–H and O–H groups in total. The number of piperidine rings is 3. The summed E-state index contributed by atoms with van der Waals surface area (Å²) in [6, 6.07) is 28.1. The number of carbonyl (C=O) groups excluding carboxylic acids is 3. The van der Waals surface area contributed by atoms with Gasteiger partial charge in [-0.2, -0.15) is 0 Å². The Bertz CT molecular complexity index is 2430. The number of alkyl carbamates (subject to hydrolysis) is 1. The van der Waals surface area contributed by atoms with E-state index in [1.54, 1.807) is 42.5 Å². The molecule has 0 aliphatic carbocycles. The van der Waals surface area contributed by atoms with Gasteiger partial charge in [-0.15, -0.1) is 0 Å². The van der Waals surface area contributed by atoms with Crippen LogP contribution in [0.4, 0.5) is 4.79 Å². The number of carbonyl (C=O) groups is 3. The van der Waals surface area contributed by atoms with Crippen molar-refractivity contribution in [3.05, 3.63) is 153 Å². The molecule has 1 aromatic heterocycles. The molecule has 5 heterocycles. The van der Waals surface area contributed by atoms with E-state index in [1.165, 1.54) is 31.5 Å². The number of methoxy groups -OCH3 is 2. The zero-order valence-electron chi connectivity index (χ0n) is 34.8. The predicted molar refractivity (Wildman–Crippen MR) is 231 cm³/mol. The highest BCUT2D eigenvalue weighted by atomic mass is 35.5. The van der Waals surface area contributed by atoms with Crippen molar-refractivity contribution in [3.8, 4) is 17.2 Å². The number of aliphatic carboxylic acids is 1. The maximum absolute atomic E-state index is 14.2. The zero-order chi connectivity index (χ0) is 44.2.